The molecule has 4 bridgehead atoms. The normalized spacial score (nSPS) is 28.0. The minimum absolute atomic E-state index is 0.105. The number of amides is 1. The van der Waals surface area contributed by atoms with E-state index in [1.54, 1.807) is 12.1 Å². The Morgan fingerprint density at radius 2 is 1.54 bits per heavy atom. The van der Waals surface area contributed by atoms with Crippen LogP contribution in [0.4, 0.5) is 4.39 Å². The Morgan fingerprint density at radius 1 is 1.00 bits per heavy atom. The molecule has 4 saturated carbocycles. The van der Waals surface area contributed by atoms with E-state index in [9.17, 15) is 17.6 Å². The monoisotopic (exact) mass is 499 g/mol. The maximum Gasteiger partial charge on any atom is 0.339 e. The quantitative estimate of drug-likeness (QED) is 0.422. The molecule has 0 heterocycles. The van der Waals surface area contributed by atoms with Crippen molar-refractivity contribution in [1.29, 1.82) is 0 Å². The lowest BCUT2D eigenvalue weighted by molar-refractivity contribution is -0.160. The zero-order valence-electron chi connectivity index (χ0n) is 20.5. The summed E-state index contributed by atoms with van der Waals surface area (Å²) in [5.41, 5.74) is 0.750. The molecular formula is C28H34FNO4S. The smallest absolute Gasteiger partial charge is 0.339 e. The minimum atomic E-state index is -4.05. The van der Waals surface area contributed by atoms with Crippen molar-refractivity contribution in [2.24, 2.45) is 23.2 Å². The van der Waals surface area contributed by atoms with E-state index in [-0.39, 0.29) is 22.1 Å². The van der Waals surface area contributed by atoms with E-state index in [1.807, 2.05) is 12.1 Å². The van der Waals surface area contributed by atoms with Crippen LogP contribution in [0.3, 0.4) is 0 Å². The van der Waals surface area contributed by atoms with E-state index in [2.05, 4.69) is 18.7 Å². The summed E-state index contributed by atoms with van der Waals surface area (Å²) >= 11 is 0. The van der Waals surface area contributed by atoms with Crippen molar-refractivity contribution >= 4 is 16.0 Å². The van der Waals surface area contributed by atoms with E-state index in [4.69, 9.17) is 4.18 Å². The highest BCUT2D eigenvalue weighted by Gasteiger charge is 2.55. The molecule has 5 nitrogen and oxygen atoms in total. The molecule has 0 aromatic heterocycles. The molecule has 188 valence electrons. The van der Waals surface area contributed by atoms with E-state index in [1.165, 1.54) is 31.4 Å². The van der Waals surface area contributed by atoms with E-state index < -0.39 is 15.9 Å². The molecule has 2 aromatic rings. The Morgan fingerprint density at radius 3 is 2.06 bits per heavy atom. The van der Waals surface area contributed by atoms with Crippen molar-refractivity contribution < 1.29 is 21.8 Å². The lowest BCUT2D eigenvalue weighted by atomic mass is 9.49. The van der Waals surface area contributed by atoms with Crippen molar-refractivity contribution in [3.63, 3.8) is 0 Å². The number of nitrogens with zero attached hydrogens (tertiary/aromatic N) is 1. The van der Waals surface area contributed by atoms with Gasteiger partial charge < -0.3 is 9.08 Å². The predicted octanol–water partition coefficient (Wildman–Crippen LogP) is 5.94. The van der Waals surface area contributed by atoms with Gasteiger partial charge in [0.15, 0.2) is 0 Å². The maximum atomic E-state index is 14.0. The van der Waals surface area contributed by atoms with Crippen molar-refractivity contribution in [2.75, 3.05) is 0 Å². The predicted molar refractivity (Wildman–Crippen MR) is 132 cm³/mol. The number of carbonyl (C=O) groups excluding carboxylic acids is 1. The molecule has 7 heteroatoms. The first kappa shape index (κ1) is 24.3. The van der Waals surface area contributed by atoms with Gasteiger partial charge in [-0.2, -0.15) is 8.42 Å². The Hall–Kier alpha value is -2.41. The lowest BCUT2D eigenvalue weighted by Crippen LogP contribution is -2.55. The standard InChI is InChI=1S/C28H34FNO4S/c1-3-19(2)30(27(31)28-15-21-12-22(16-28)14-23(13-21)17-28)18-20-4-8-25(9-5-20)34-35(32,33)26-10-6-24(29)7-11-26/h4-11,19,21-23H,3,12-18H2,1-2H3. The van der Waals surface area contributed by atoms with Crippen molar-refractivity contribution in [3.05, 3.63) is 59.9 Å². The number of rotatable bonds is 8. The summed E-state index contributed by atoms with van der Waals surface area (Å²) in [6.45, 7) is 4.73. The summed E-state index contributed by atoms with van der Waals surface area (Å²) in [7, 11) is -4.05. The Kier molecular flexibility index (Phi) is 6.41. The highest BCUT2D eigenvalue weighted by Crippen LogP contribution is 2.60. The van der Waals surface area contributed by atoms with Gasteiger partial charge in [-0.05, 0) is 112 Å². The third kappa shape index (κ3) is 4.84. The molecule has 1 amide bonds. The van der Waals surface area contributed by atoms with Crippen molar-refractivity contribution in [2.45, 2.75) is 76.3 Å². The van der Waals surface area contributed by atoms with Crippen LogP contribution >= 0.6 is 0 Å². The minimum Gasteiger partial charge on any atom is -0.379 e. The van der Waals surface area contributed by atoms with Gasteiger partial charge in [-0.1, -0.05) is 19.1 Å². The molecule has 1 unspecified atom stereocenters. The molecule has 4 aliphatic carbocycles. The number of hydrogen-bond acceptors (Lipinski definition) is 4. The van der Waals surface area contributed by atoms with Crippen LogP contribution < -0.4 is 4.18 Å². The number of carbonyl (C=O) groups is 1. The fraction of sp³-hybridized carbons (Fsp3) is 0.536. The van der Waals surface area contributed by atoms with E-state index >= 15 is 0 Å². The summed E-state index contributed by atoms with van der Waals surface area (Å²) in [6.07, 6.45) is 7.92. The van der Waals surface area contributed by atoms with Gasteiger partial charge in [0.25, 0.3) is 0 Å². The van der Waals surface area contributed by atoms with Crippen molar-refractivity contribution in [1.82, 2.24) is 4.90 Å². The summed E-state index contributed by atoms with van der Waals surface area (Å²) in [4.78, 5) is 16.0. The highest BCUT2D eigenvalue weighted by molar-refractivity contribution is 7.87. The maximum absolute atomic E-state index is 14.0. The molecule has 1 atom stereocenters. The largest absolute Gasteiger partial charge is 0.379 e. The number of halogens is 1. The molecule has 0 N–H and O–H groups in total. The first-order valence-corrected chi connectivity index (χ1v) is 14.2. The van der Waals surface area contributed by atoms with Gasteiger partial charge in [-0.3, -0.25) is 4.79 Å². The SMILES string of the molecule is CCC(C)N(Cc1ccc(OS(=O)(=O)c2ccc(F)cc2)cc1)C(=O)C12CC3CC(CC(C3)C1)C2. The van der Waals surface area contributed by atoms with Crippen LogP contribution in [0.2, 0.25) is 0 Å². The first-order chi connectivity index (χ1) is 16.7. The fourth-order valence-electron chi connectivity index (χ4n) is 6.95. The summed E-state index contributed by atoms with van der Waals surface area (Å²) in [5.74, 6) is 2.11. The second-order valence-electron chi connectivity index (χ2n) is 11.0. The lowest BCUT2D eigenvalue weighted by Gasteiger charge is -2.57. The molecule has 0 spiro atoms. The van der Waals surface area contributed by atoms with Gasteiger partial charge in [0.1, 0.15) is 16.5 Å². The zero-order valence-corrected chi connectivity index (χ0v) is 21.3. The molecule has 35 heavy (non-hydrogen) atoms. The van der Waals surface area contributed by atoms with Gasteiger partial charge in [-0.15, -0.1) is 0 Å². The van der Waals surface area contributed by atoms with Crippen LogP contribution in [0.1, 0.15) is 64.4 Å². The summed E-state index contributed by atoms with van der Waals surface area (Å²) in [6, 6.07) is 11.5. The summed E-state index contributed by atoms with van der Waals surface area (Å²) < 4.78 is 43.4. The van der Waals surface area contributed by atoms with Crippen LogP contribution in [0.5, 0.6) is 5.75 Å². The zero-order chi connectivity index (χ0) is 24.8. The molecule has 4 aliphatic rings. The van der Waals surface area contributed by atoms with Gasteiger partial charge in [0.05, 0.1) is 5.41 Å². The second-order valence-corrected chi connectivity index (χ2v) is 12.6. The molecule has 6 rings (SSSR count). The average molecular weight is 500 g/mol. The second kappa shape index (κ2) is 9.23. The molecular weight excluding hydrogens is 465 g/mol. The molecule has 2 aromatic carbocycles. The Balaban J connectivity index is 1.31. The van der Waals surface area contributed by atoms with Gasteiger partial charge in [0.2, 0.25) is 5.91 Å². The average Bonchev–Trinajstić information content (AvgIpc) is 2.82. The molecule has 0 saturated heterocycles. The van der Waals surface area contributed by atoms with Crippen LogP contribution in [-0.2, 0) is 21.5 Å². The summed E-state index contributed by atoms with van der Waals surface area (Å²) in [5, 5.41) is 0. The Bertz CT molecular complexity index is 1140. The van der Waals surface area contributed by atoms with E-state index in [0.717, 1.165) is 43.4 Å². The van der Waals surface area contributed by atoms with Crippen LogP contribution in [-0.4, -0.2) is 25.3 Å². The molecule has 4 fully saturated rings. The molecule has 0 aliphatic heterocycles. The number of benzene rings is 2. The fourth-order valence-corrected chi connectivity index (χ4v) is 7.88. The topological polar surface area (TPSA) is 63.7 Å². The molecule has 0 radical (unpaired) electrons. The van der Waals surface area contributed by atoms with Gasteiger partial charge in [0, 0.05) is 12.6 Å². The van der Waals surface area contributed by atoms with Gasteiger partial charge in [-0.25, -0.2) is 4.39 Å². The van der Waals surface area contributed by atoms with Crippen LogP contribution in [0.15, 0.2) is 53.4 Å². The van der Waals surface area contributed by atoms with Crippen LogP contribution in [0, 0.1) is 29.0 Å². The van der Waals surface area contributed by atoms with Crippen LogP contribution in [0.25, 0.3) is 0 Å². The van der Waals surface area contributed by atoms with E-state index in [0.29, 0.717) is 30.2 Å². The van der Waals surface area contributed by atoms with Crippen molar-refractivity contribution in [3.8, 4) is 5.75 Å². The highest BCUT2D eigenvalue weighted by atomic mass is 32.2. The number of hydrogen-bond donors (Lipinski definition) is 0. The first-order valence-electron chi connectivity index (χ1n) is 12.8. The third-order valence-electron chi connectivity index (χ3n) is 8.46. The third-order valence-corrected chi connectivity index (χ3v) is 9.72. The Labute approximate surface area is 207 Å². The van der Waals surface area contributed by atoms with Gasteiger partial charge >= 0.3 is 10.1 Å².